The van der Waals surface area contributed by atoms with Crippen molar-refractivity contribution < 1.29 is 0 Å². The number of nitrogens with one attached hydrogen (secondary N) is 3. The Bertz CT molecular complexity index is 347. The number of anilines is 2. The minimum Gasteiger partial charge on any atom is -0.373 e. The van der Waals surface area contributed by atoms with E-state index in [-0.39, 0.29) is 0 Å². The molecule has 0 atom stereocenters. The molecule has 5 heteroatoms. The third-order valence-corrected chi connectivity index (χ3v) is 3.41. The zero-order valence-electron chi connectivity index (χ0n) is 10.5. The van der Waals surface area contributed by atoms with E-state index in [0.717, 1.165) is 11.6 Å². The van der Waals surface area contributed by atoms with Crippen molar-refractivity contribution in [3.63, 3.8) is 0 Å². The van der Waals surface area contributed by atoms with Crippen LogP contribution in [0.25, 0.3) is 0 Å². The molecule has 1 fully saturated rings. The first-order valence-electron chi connectivity index (χ1n) is 6.25. The summed E-state index contributed by atoms with van der Waals surface area (Å²) in [5.41, 5.74) is 0. The molecule has 0 amide bonds. The van der Waals surface area contributed by atoms with E-state index in [1.165, 1.54) is 25.7 Å². The summed E-state index contributed by atoms with van der Waals surface area (Å²) in [7, 11) is 3.91. The summed E-state index contributed by atoms with van der Waals surface area (Å²) >= 11 is 0. The molecule has 1 heterocycles. The van der Waals surface area contributed by atoms with Crippen molar-refractivity contribution in [2.75, 3.05) is 24.7 Å². The predicted molar refractivity (Wildman–Crippen MR) is 70.3 cm³/mol. The highest BCUT2D eigenvalue weighted by Crippen LogP contribution is 2.21. The lowest BCUT2D eigenvalue weighted by Gasteiger charge is -2.29. The molecule has 3 N–H and O–H groups in total. The van der Waals surface area contributed by atoms with Gasteiger partial charge >= 0.3 is 0 Å². The minimum absolute atomic E-state index is 0.541. The van der Waals surface area contributed by atoms with Gasteiger partial charge in [0.2, 0.25) is 0 Å². The first kappa shape index (κ1) is 12.1. The second kappa shape index (κ2) is 5.82. The fourth-order valence-electron chi connectivity index (χ4n) is 2.31. The molecular formula is C12H21N5. The Hall–Kier alpha value is -1.36. The molecule has 17 heavy (non-hydrogen) atoms. The average Bonchev–Trinajstić information content (AvgIpc) is 2.40. The number of nitrogens with zero attached hydrogens (tertiary/aromatic N) is 2. The Balaban J connectivity index is 1.88. The summed E-state index contributed by atoms with van der Waals surface area (Å²) in [6.45, 7) is 0. The summed E-state index contributed by atoms with van der Waals surface area (Å²) in [6.07, 6.45) is 6.46. The van der Waals surface area contributed by atoms with Gasteiger partial charge in [-0.25, -0.2) is 9.97 Å². The van der Waals surface area contributed by atoms with Crippen molar-refractivity contribution in [1.82, 2.24) is 15.3 Å². The zero-order valence-corrected chi connectivity index (χ0v) is 10.5. The van der Waals surface area contributed by atoms with Crippen LogP contribution in [0.3, 0.4) is 0 Å². The Kier molecular flexibility index (Phi) is 4.14. The zero-order chi connectivity index (χ0) is 12.1. The van der Waals surface area contributed by atoms with Crippen molar-refractivity contribution in [2.24, 2.45) is 0 Å². The lowest BCUT2D eigenvalue weighted by molar-refractivity contribution is 0.371. The van der Waals surface area contributed by atoms with Crippen molar-refractivity contribution in [3.05, 3.63) is 12.4 Å². The molecule has 1 aromatic heterocycles. The van der Waals surface area contributed by atoms with Gasteiger partial charge < -0.3 is 16.0 Å². The fourth-order valence-corrected chi connectivity index (χ4v) is 2.31. The van der Waals surface area contributed by atoms with E-state index in [4.69, 9.17) is 0 Å². The van der Waals surface area contributed by atoms with Crippen molar-refractivity contribution >= 4 is 11.6 Å². The Morgan fingerprint density at radius 1 is 1.00 bits per heavy atom. The van der Waals surface area contributed by atoms with E-state index in [1.54, 1.807) is 6.33 Å². The molecule has 1 aliphatic carbocycles. The molecule has 0 unspecified atom stereocenters. The maximum Gasteiger partial charge on any atom is 0.131 e. The van der Waals surface area contributed by atoms with Gasteiger partial charge in [0.1, 0.15) is 18.0 Å². The van der Waals surface area contributed by atoms with Gasteiger partial charge in [-0.1, -0.05) is 0 Å². The molecule has 1 saturated carbocycles. The van der Waals surface area contributed by atoms with Crippen LogP contribution in [-0.4, -0.2) is 36.1 Å². The number of hydrogen-bond donors (Lipinski definition) is 3. The molecule has 2 rings (SSSR count). The molecule has 0 spiro atoms. The summed E-state index contributed by atoms with van der Waals surface area (Å²) in [6, 6.07) is 3.18. The largest absolute Gasteiger partial charge is 0.373 e. The first-order chi connectivity index (χ1) is 8.31. The van der Waals surface area contributed by atoms with Crippen LogP contribution >= 0.6 is 0 Å². The van der Waals surface area contributed by atoms with Crippen LogP contribution in [0, 0.1) is 0 Å². The summed E-state index contributed by atoms with van der Waals surface area (Å²) in [5.74, 6) is 1.77. The summed E-state index contributed by atoms with van der Waals surface area (Å²) < 4.78 is 0. The third kappa shape index (κ3) is 3.30. The highest BCUT2D eigenvalue weighted by molar-refractivity contribution is 5.46. The molecule has 1 aliphatic rings. The molecular weight excluding hydrogens is 214 g/mol. The van der Waals surface area contributed by atoms with Crippen LogP contribution < -0.4 is 16.0 Å². The lowest BCUT2D eigenvalue weighted by atomic mass is 9.91. The maximum absolute atomic E-state index is 4.24. The first-order valence-corrected chi connectivity index (χ1v) is 6.25. The molecule has 0 saturated heterocycles. The molecule has 5 nitrogen and oxygen atoms in total. The highest BCUT2D eigenvalue weighted by atomic mass is 15.1. The highest BCUT2D eigenvalue weighted by Gasteiger charge is 2.19. The van der Waals surface area contributed by atoms with E-state index in [0.29, 0.717) is 12.1 Å². The van der Waals surface area contributed by atoms with Crippen LogP contribution in [0.2, 0.25) is 0 Å². The van der Waals surface area contributed by atoms with Gasteiger partial charge in [-0.15, -0.1) is 0 Å². The molecule has 0 radical (unpaired) electrons. The van der Waals surface area contributed by atoms with Crippen LogP contribution in [-0.2, 0) is 0 Å². The van der Waals surface area contributed by atoms with Crippen LogP contribution in [0.5, 0.6) is 0 Å². The number of hydrogen-bond acceptors (Lipinski definition) is 5. The van der Waals surface area contributed by atoms with Gasteiger partial charge in [0.25, 0.3) is 0 Å². The third-order valence-electron chi connectivity index (χ3n) is 3.41. The number of aromatic nitrogens is 2. The van der Waals surface area contributed by atoms with Crippen LogP contribution in [0.15, 0.2) is 12.4 Å². The van der Waals surface area contributed by atoms with Gasteiger partial charge in [-0.05, 0) is 32.7 Å². The Labute approximate surface area is 102 Å². The van der Waals surface area contributed by atoms with Crippen LogP contribution in [0.1, 0.15) is 25.7 Å². The average molecular weight is 235 g/mol. The SMILES string of the molecule is CNc1cc(NC2CCC(NC)CC2)ncn1. The molecule has 0 aromatic carbocycles. The Morgan fingerprint density at radius 2 is 1.65 bits per heavy atom. The topological polar surface area (TPSA) is 61.9 Å². The van der Waals surface area contributed by atoms with E-state index < -0.39 is 0 Å². The van der Waals surface area contributed by atoms with Crippen LogP contribution in [0.4, 0.5) is 11.6 Å². The summed E-state index contributed by atoms with van der Waals surface area (Å²) in [4.78, 5) is 8.35. The standard InChI is InChI=1S/C12H21N5/c1-13-9-3-5-10(6-4-9)17-12-7-11(14-2)15-8-16-12/h7-10,13H,3-6H2,1-2H3,(H2,14,15,16,17). The Morgan fingerprint density at radius 3 is 2.29 bits per heavy atom. The van der Waals surface area contributed by atoms with Gasteiger partial charge in [0.05, 0.1) is 0 Å². The maximum atomic E-state index is 4.24. The quantitative estimate of drug-likeness (QED) is 0.737. The number of rotatable bonds is 4. The van der Waals surface area contributed by atoms with E-state index >= 15 is 0 Å². The monoisotopic (exact) mass is 235 g/mol. The van der Waals surface area contributed by atoms with Gasteiger partial charge in [0.15, 0.2) is 0 Å². The smallest absolute Gasteiger partial charge is 0.131 e. The minimum atomic E-state index is 0.541. The second-order valence-corrected chi connectivity index (χ2v) is 4.52. The molecule has 0 bridgehead atoms. The second-order valence-electron chi connectivity index (χ2n) is 4.52. The van der Waals surface area contributed by atoms with Gasteiger partial charge in [-0.2, -0.15) is 0 Å². The van der Waals surface area contributed by atoms with Gasteiger partial charge in [0, 0.05) is 25.2 Å². The van der Waals surface area contributed by atoms with Crippen molar-refractivity contribution in [3.8, 4) is 0 Å². The van der Waals surface area contributed by atoms with E-state index in [1.807, 2.05) is 20.2 Å². The van der Waals surface area contributed by atoms with E-state index in [9.17, 15) is 0 Å². The lowest BCUT2D eigenvalue weighted by Crippen LogP contribution is -2.35. The molecule has 1 aromatic rings. The molecule has 94 valence electrons. The predicted octanol–water partition coefficient (Wildman–Crippen LogP) is 1.46. The molecule has 0 aliphatic heterocycles. The van der Waals surface area contributed by atoms with Gasteiger partial charge in [-0.3, -0.25) is 0 Å². The normalized spacial score (nSPS) is 24.4. The summed E-state index contributed by atoms with van der Waals surface area (Å²) in [5, 5.41) is 9.84. The van der Waals surface area contributed by atoms with E-state index in [2.05, 4.69) is 25.9 Å². The van der Waals surface area contributed by atoms with Crippen molar-refractivity contribution in [2.45, 2.75) is 37.8 Å². The van der Waals surface area contributed by atoms with Crippen molar-refractivity contribution in [1.29, 1.82) is 0 Å². The fraction of sp³-hybridized carbons (Fsp3) is 0.667.